The molecule has 1 aromatic heterocycles. The standard InChI is InChI=1S/C18H15F3N2O/c19-18(20,21)11-5-6-13-14(17(24)23-16(13)8-11)9-12-7-10-3-1-2-4-15(10)22-12/h5-9,22H,1-4H2,(H,23,24). The Balaban J connectivity index is 1.73. The summed E-state index contributed by atoms with van der Waals surface area (Å²) in [4.78, 5) is 15.5. The van der Waals surface area contributed by atoms with E-state index in [1.807, 2.05) is 6.07 Å². The number of carbonyl (C=O) groups is 1. The molecule has 1 aliphatic carbocycles. The van der Waals surface area contributed by atoms with E-state index in [4.69, 9.17) is 0 Å². The summed E-state index contributed by atoms with van der Waals surface area (Å²) in [7, 11) is 0. The van der Waals surface area contributed by atoms with Gasteiger partial charge in [0.2, 0.25) is 0 Å². The predicted molar refractivity (Wildman–Crippen MR) is 85.4 cm³/mol. The van der Waals surface area contributed by atoms with E-state index in [0.29, 0.717) is 11.1 Å². The lowest BCUT2D eigenvalue weighted by Crippen LogP contribution is -2.06. The summed E-state index contributed by atoms with van der Waals surface area (Å²) in [5, 5.41) is 2.52. The molecule has 2 heterocycles. The van der Waals surface area contributed by atoms with Crippen LogP contribution in [0.1, 0.15) is 40.9 Å². The maximum atomic E-state index is 12.8. The number of anilines is 1. The molecule has 2 aromatic rings. The summed E-state index contributed by atoms with van der Waals surface area (Å²) in [6.07, 6.45) is 1.61. The first-order valence-corrected chi connectivity index (χ1v) is 7.87. The van der Waals surface area contributed by atoms with Gasteiger partial charge < -0.3 is 10.3 Å². The van der Waals surface area contributed by atoms with Crippen molar-refractivity contribution in [2.75, 3.05) is 5.32 Å². The third kappa shape index (κ3) is 2.52. The molecule has 6 heteroatoms. The molecule has 0 spiro atoms. The number of carbonyl (C=O) groups excluding carboxylic acids is 1. The van der Waals surface area contributed by atoms with E-state index in [0.717, 1.165) is 43.5 Å². The van der Waals surface area contributed by atoms with Crippen molar-refractivity contribution in [2.24, 2.45) is 0 Å². The monoisotopic (exact) mass is 332 g/mol. The van der Waals surface area contributed by atoms with E-state index >= 15 is 0 Å². The average Bonchev–Trinajstić information content (AvgIpc) is 3.07. The fourth-order valence-corrected chi connectivity index (χ4v) is 3.38. The molecule has 0 saturated carbocycles. The van der Waals surface area contributed by atoms with Crippen LogP contribution in [0, 0.1) is 0 Å². The van der Waals surface area contributed by atoms with Crippen LogP contribution < -0.4 is 5.32 Å². The number of aromatic nitrogens is 1. The molecule has 3 nitrogen and oxygen atoms in total. The van der Waals surface area contributed by atoms with Crippen molar-refractivity contribution in [1.82, 2.24) is 4.98 Å². The van der Waals surface area contributed by atoms with Crippen molar-refractivity contribution in [1.29, 1.82) is 0 Å². The van der Waals surface area contributed by atoms with E-state index in [1.165, 1.54) is 17.3 Å². The minimum Gasteiger partial charge on any atom is -0.359 e. The van der Waals surface area contributed by atoms with Crippen molar-refractivity contribution < 1.29 is 18.0 Å². The fraction of sp³-hybridized carbons (Fsp3) is 0.278. The number of fused-ring (bicyclic) bond motifs is 2. The number of rotatable bonds is 1. The van der Waals surface area contributed by atoms with Gasteiger partial charge in [-0.05, 0) is 55.5 Å². The minimum absolute atomic E-state index is 0.206. The predicted octanol–water partition coefficient (Wildman–Crippen LogP) is 4.41. The van der Waals surface area contributed by atoms with Crippen molar-refractivity contribution in [2.45, 2.75) is 31.9 Å². The molecule has 0 bridgehead atoms. The van der Waals surface area contributed by atoms with Crippen molar-refractivity contribution in [3.05, 3.63) is 52.3 Å². The molecule has 124 valence electrons. The van der Waals surface area contributed by atoms with Crippen LogP contribution in [0.5, 0.6) is 0 Å². The maximum absolute atomic E-state index is 12.8. The third-order valence-electron chi connectivity index (χ3n) is 4.57. The van der Waals surface area contributed by atoms with Crippen molar-refractivity contribution in [3.8, 4) is 0 Å². The van der Waals surface area contributed by atoms with Crippen LogP contribution in [0.25, 0.3) is 11.6 Å². The van der Waals surface area contributed by atoms with E-state index in [2.05, 4.69) is 10.3 Å². The Bertz CT molecular complexity index is 838. The highest BCUT2D eigenvalue weighted by atomic mass is 19.4. The summed E-state index contributed by atoms with van der Waals surface area (Å²) in [6, 6.07) is 5.36. The second kappa shape index (κ2) is 5.26. The summed E-state index contributed by atoms with van der Waals surface area (Å²) in [5.41, 5.74) is 3.60. The van der Waals surface area contributed by atoms with Gasteiger partial charge in [-0.1, -0.05) is 6.07 Å². The molecule has 1 aliphatic heterocycles. The summed E-state index contributed by atoms with van der Waals surface area (Å²) in [6.45, 7) is 0. The van der Waals surface area contributed by atoms with Gasteiger partial charge >= 0.3 is 6.18 Å². The lowest BCUT2D eigenvalue weighted by molar-refractivity contribution is -0.137. The number of aromatic amines is 1. The largest absolute Gasteiger partial charge is 0.416 e. The molecular weight excluding hydrogens is 317 g/mol. The molecule has 2 aliphatic rings. The summed E-state index contributed by atoms with van der Waals surface area (Å²) in [5.74, 6) is -0.378. The molecule has 4 rings (SSSR count). The third-order valence-corrected chi connectivity index (χ3v) is 4.57. The summed E-state index contributed by atoms with van der Waals surface area (Å²) >= 11 is 0. The van der Waals surface area contributed by atoms with Crippen LogP contribution >= 0.6 is 0 Å². The molecule has 0 fully saturated rings. The van der Waals surface area contributed by atoms with Gasteiger partial charge in [0.15, 0.2) is 0 Å². The molecule has 0 saturated heterocycles. The highest BCUT2D eigenvalue weighted by Crippen LogP contribution is 2.38. The Morgan fingerprint density at radius 3 is 2.62 bits per heavy atom. The first-order chi connectivity index (χ1) is 11.4. The number of alkyl halides is 3. The van der Waals surface area contributed by atoms with E-state index in [-0.39, 0.29) is 11.6 Å². The van der Waals surface area contributed by atoms with Crippen LogP contribution in [-0.2, 0) is 23.8 Å². The number of aryl methyl sites for hydroxylation is 2. The van der Waals surface area contributed by atoms with Gasteiger partial charge in [0.05, 0.1) is 11.1 Å². The number of hydrogen-bond acceptors (Lipinski definition) is 1. The Kier molecular flexibility index (Phi) is 3.30. The van der Waals surface area contributed by atoms with E-state index < -0.39 is 11.7 Å². The van der Waals surface area contributed by atoms with Crippen LogP contribution in [0.2, 0.25) is 0 Å². The Hall–Kier alpha value is -2.50. The van der Waals surface area contributed by atoms with Gasteiger partial charge in [-0.15, -0.1) is 0 Å². The Morgan fingerprint density at radius 1 is 1.08 bits per heavy atom. The van der Waals surface area contributed by atoms with Gasteiger partial charge in [0, 0.05) is 22.6 Å². The minimum atomic E-state index is -4.43. The van der Waals surface area contributed by atoms with Gasteiger partial charge in [0.25, 0.3) is 5.91 Å². The van der Waals surface area contributed by atoms with Gasteiger partial charge in [-0.2, -0.15) is 13.2 Å². The lowest BCUT2D eigenvalue weighted by atomic mass is 9.98. The topological polar surface area (TPSA) is 44.9 Å². The first-order valence-electron chi connectivity index (χ1n) is 7.87. The average molecular weight is 332 g/mol. The number of benzene rings is 1. The first kappa shape index (κ1) is 15.1. The second-order valence-electron chi connectivity index (χ2n) is 6.21. The van der Waals surface area contributed by atoms with Gasteiger partial charge in [-0.3, -0.25) is 4.79 Å². The molecule has 0 radical (unpaired) electrons. The van der Waals surface area contributed by atoms with Crippen molar-refractivity contribution in [3.63, 3.8) is 0 Å². The number of H-pyrrole nitrogens is 1. The van der Waals surface area contributed by atoms with Crippen LogP contribution in [0.3, 0.4) is 0 Å². The number of nitrogens with one attached hydrogen (secondary N) is 2. The molecule has 2 N–H and O–H groups in total. The quantitative estimate of drug-likeness (QED) is 0.747. The normalized spacial score (nSPS) is 18.5. The highest BCUT2D eigenvalue weighted by molar-refractivity contribution is 6.34. The van der Waals surface area contributed by atoms with Gasteiger partial charge in [-0.25, -0.2) is 0 Å². The Morgan fingerprint density at radius 2 is 1.88 bits per heavy atom. The zero-order chi connectivity index (χ0) is 16.9. The maximum Gasteiger partial charge on any atom is 0.416 e. The molecule has 0 unspecified atom stereocenters. The lowest BCUT2D eigenvalue weighted by Gasteiger charge is -2.08. The zero-order valence-electron chi connectivity index (χ0n) is 12.8. The van der Waals surface area contributed by atoms with Crippen LogP contribution in [0.4, 0.5) is 18.9 Å². The molecule has 24 heavy (non-hydrogen) atoms. The summed E-state index contributed by atoms with van der Waals surface area (Å²) < 4.78 is 38.4. The smallest absolute Gasteiger partial charge is 0.359 e. The number of halogens is 3. The molecule has 0 atom stereocenters. The van der Waals surface area contributed by atoms with E-state index in [1.54, 1.807) is 6.08 Å². The zero-order valence-corrected chi connectivity index (χ0v) is 12.8. The van der Waals surface area contributed by atoms with Crippen LogP contribution in [0.15, 0.2) is 24.3 Å². The van der Waals surface area contributed by atoms with E-state index in [9.17, 15) is 18.0 Å². The fourth-order valence-electron chi connectivity index (χ4n) is 3.38. The molecular formula is C18H15F3N2O. The molecule has 1 aromatic carbocycles. The number of amides is 1. The molecule has 1 amide bonds. The second-order valence-corrected chi connectivity index (χ2v) is 6.21. The van der Waals surface area contributed by atoms with Gasteiger partial charge in [0.1, 0.15) is 0 Å². The SMILES string of the molecule is O=C1Nc2cc(C(F)(F)F)ccc2C1=Cc1cc2c([nH]1)CCCC2. The van der Waals surface area contributed by atoms with Crippen LogP contribution in [-0.4, -0.2) is 10.9 Å². The Labute approximate surface area is 136 Å². The van der Waals surface area contributed by atoms with Crippen molar-refractivity contribution >= 4 is 23.2 Å². The highest BCUT2D eigenvalue weighted by Gasteiger charge is 2.33. The number of hydrogen-bond donors (Lipinski definition) is 2.